The molecule has 0 bridgehead atoms. The smallest absolute Gasteiger partial charge is 0.157 e. The van der Waals surface area contributed by atoms with Gasteiger partial charge in [-0.05, 0) is 46.7 Å². The molecule has 0 saturated carbocycles. The second-order valence-electron chi connectivity index (χ2n) is 6.96. The summed E-state index contributed by atoms with van der Waals surface area (Å²) in [6.07, 6.45) is 0. The Morgan fingerprint density at radius 1 is 0.538 bits per heavy atom. The van der Waals surface area contributed by atoms with E-state index in [-0.39, 0.29) is 0 Å². The molecule has 1 heteroatoms. The fraction of sp³-hybridized carbons (Fsp3) is 0.0800. The van der Waals surface area contributed by atoms with Gasteiger partial charge in [0.25, 0.3) is 0 Å². The highest BCUT2D eigenvalue weighted by Gasteiger charge is 2.20. The van der Waals surface area contributed by atoms with Gasteiger partial charge >= 0.3 is 0 Å². The topological polar surface area (TPSA) is 3.88 Å². The lowest BCUT2D eigenvalue weighted by atomic mass is 10.0. The molecule has 0 amide bonds. The molecule has 1 nitrogen and oxygen atoms in total. The molecule has 0 aliphatic rings. The van der Waals surface area contributed by atoms with Gasteiger partial charge in [-0.3, -0.25) is 0 Å². The first-order valence-corrected chi connectivity index (χ1v) is 9.06. The Labute approximate surface area is 153 Å². The molecule has 1 aromatic heterocycles. The molecule has 4 aromatic carbocycles. The molecular formula is C25H20N+. The minimum absolute atomic E-state index is 1.24. The number of pyridine rings is 1. The molecule has 0 aliphatic carbocycles. The van der Waals surface area contributed by atoms with Crippen LogP contribution < -0.4 is 4.57 Å². The summed E-state index contributed by atoms with van der Waals surface area (Å²) in [5.41, 5.74) is 5.06. The summed E-state index contributed by atoms with van der Waals surface area (Å²) in [5.74, 6) is 0. The van der Waals surface area contributed by atoms with Crippen molar-refractivity contribution in [2.24, 2.45) is 0 Å². The van der Waals surface area contributed by atoms with E-state index in [0.29, 0.717) is 0 Å². The van der Waals surface area contributed by atoms with Gasteiger partial charge in [0.15, 0.2) is 5.69 Å². The SMILES string of the molecule is Cc1c(-[n+]2c(C)ccc3c4ccccc4ccc32)ccc2ccccc12. The van der Waals surface area contributed by atoms with E-state index in [1.54, 1.807) is 0 Å². The van der Waals surface area contributed by atoms with E-state index < -0.39 is 0 Å². The summed E-state index contributed by atoms with van der Waals surface area (Å²) >= 11 is 0. The van der Waals surface area contributed by atoms with Crippen LogP contribution in [0.5, 0.6) is 0 Å². The highest BCUT2D eigenvalue weighted by Crippen LogP contribution is 2.27. The molecule has 0 saturated heterocycles. The van der Waals surface area contributed by atoms with Gasteiger partial charge in [-0.15, -0.1) is 0 Å². The van der Waals surface area contributed by atoms with E-state index in [4.69, 9.17) is 0 Å². The van der Waals surface area contributed by atoms with Crippen LogP contribution in [0.15, 0.2) is 84.9 Å². The minimum Gasteiger partial charge on any atom is -0.157 e. The van der Waals surface area contributed by atoms with Crippen LogP contribution in [0.4, 0.5) is 0 Å². The maximum atomic E-state index is 2.39. The van der Waals surface area contributed by atoms with Gasteiger partial charge in [-0.1, -0.05) is 48.5 Å². The molecule has 0 unspecified atom stereocenters. The Morgan fingerprint density at radius 3 is 2.00 bits per heavy atom. The molecule has 0 radical (unpaired) electrons. The maximum Gasteiger partial charge on any atom is 0.219 e. The van der Waals surface area contributed by atoms with Crippen LogP contribution >= 0.6 is 0 Å². The Kier molecular flexibility index (Phi) is 3.29. The van der Waals surface area contributed by atoms with E-state index in [2.05, 4.69) is 103 Å². The van der Waals surface area contributed by atoms with Gasteiger partial charge in [-0.25, -0.2) is 0 Å². The first-order chi connectivity index (χ1) is 12.7. The molecule has 5 aromatic rings. The van der Waals surface area contributed by atoms with Crippen molar-refractivity contribution in [3.63, 3.8) is 0 Å². The van der Waals surface area contributed by atoms with Crippen molar-refractivity contribution in [1.29, 1.82) is 0 Å². The van der Waals surface area contributed by atoms with Crippen LogP contribution in [0.1, 0.15) is 11.3 Å². The summed E-state index contributed by atoms with van der Waals surface area (Å²) < 4.78 is 2.39. The molecular weight excluding hydrogens is 314 g/mol. The van der Waals surface area contributed by atoms with Gasteiger partial charge < -0.3 is 0 Å². The number of hydrogen-bond donors (Lipinski definition) is 0. The van der Waals surface area contributed by atoms with Crippen LogP contribution in [-0.2, 0) is 0 Å². The predicted octanol–water partition coefficient (Wildman–Crippen LogP) is 6.04. The average Bonchev–Trinajstić information content (AvgIpc) is 2.69. The first-order valence-electron chi connectivity index (χ1n) is 9.06. The number of benzene rings is 4. The normalized spacial score (nSPS) is 11.5. The summed E-state index contributed by atoms with van der Waals surface area (Å²) in [6, 6.07) is 30.7. The van der Waals surface area contributed by atoms with Crippen LogP contribution in [0.2, 0.25) is 0 Å². The van der Waals surface area contributed by atoms with Crippen LogP contribution in [0.3, 0.4) is 0 Å². The Balaban J connectivity index is 1.91. The highest BCUT2D eigenvalue weighted by molar-refractivity contribution is 6.05. The van der Waals surface area contributed by atoms with E-state index in [1.165, 1.54) is 49.4 Å². The lowest BCUT2D eigenvalue weighted by Crippen LogP contribution is -2.36. The molecule has 0 fully saturated rings. The van der Waals surface area contributed by atoms with Crippen molar-refractivity contribution in [2.75, 3.05) is 0 Å². The largest absolute Gasteiger partial charge is 0.219 e. The fourth-order valence-electron chi connectivity index (χ4n) is 4.10. The van der Waals surface area contributed by atoms with Crippen LogP contribution in [0.25, 0.3) is 38.1 Å². The van der Waals surface area contributed by atoms with E-state index in [0.717, 1.165) is 0 Å². The quantitative estimate of drug-likeness (QED) is 0.260. The van der Waals surface area contributed by atoms with Crippen LogP contribution in [-0.4, -0.2) is 0 Å². The Bertz CT molecular complexity index is 1300. The van der Waals surface area contributed by atoms with Gasteiger partial charge in [-0.2, -0.15) is 4.57 Å². The van der Waals surface area contributed by atoms with Gasteiger partial charge in [0.2, 0.25) is 11.2 Å². The average molecular weight is 334 g/mol. The second-order valence-corrected chi connectivity index (χ2v) is 6.96. The Hall–Kier alpha value is -3.19. The zero-order valence-electron chi connectivity index (χ0n) is 15.0. The van der Waals surface area contributed by atoms with E-state index in [1.807, 2.05) is 0 Å². The lowest BCUT2D eigenvalue weighted by molar-refractivity contribution is -0.574. The lowest BCUT2D eigenvalue weighted by Gasteiger charge is -2.10. The molecule has 0 N–H and O–H groups in total. The standard InChI is InChI=1S/C25H20N/c1-17-11-14-23-22-10-6-4-8-20(22)13-16-25(23)26(17)24-15-12-19-7-3-5-9-21(19)18(24)2/h3-16H,1-2H3/q+1. The molecule has 0 atom stereocenters. The van der Waals surface area contributed by atoms with Crippen molar-refractivity contribution >= 4 is 32.4 Å². The zero-order chi connectivity index (χ0) is 17.7. The van der Waals surface area contributed by atoms with Gasteiger partial charge in [0.05, 0.1) is 5.39 Å². The molecule has 0 spiro atoms. The van der Waals surface area contributed by atoms with Crippen molar-refractivity contribution in [1.82, 2.24) is 0 Å². The first kappa shape index (κ1) is 15.1. The predicted molar refractivity (Wildman–Crippen MR) is 110 cm³/mol. The third-order valence-corrected chi connectivity index (χ3v) is 5.44. The summed E-state index contributed by atoms with van der Waals surface area (Å²) in [6.45, 7) is 4.41. The molecule has 26 heavy (non-hydrogen) atoms. The fourth-order valence-corrected chi connectivity index (χ4v) is 4.10. The number of nitrogens with zero attached hydrogens (tertiary/aromatic N) is 1. The third kappa shape index (κ3) is 2.14. The molecule has 124 valence electrons. The summed E-state index contributed by atoms with van der Waals surface area (Å²) in [4.78, 5) is 0. The number of aryl methyl sites for hydroxylation is 2. The third-order valence-electron chi connectivity index (χ3n) is 5.44. The van der Waals surface area contributed by atoms with E-state index in [9.17, 15) is 0 Å². The van der Waals surface area contributed by atoms with Gasteiger partial charge in [0.1, 0.15) is 0 Å². The molecule has 5 rings (SSSR count). The molecule has 1 heterocycles. The number of hydrogen-bond acceptors (Lipinski definition) is 0. The maximum absolute atomic E-state index is 2.39. The van der Waals surface area contributed by atoms with Crippen LogP contribution in [0, 0.1) is 13.8 Å². The van der Waals surface area contributed by atoms with Crippen molar-refractivity contribution in [3.8, 4) is 5.69 Å². The number of fused-ring (bicyclic) bond motifs is 4. The van der Waals surface area contributed by atoms with E-state index >= 15 is 0 Å². The second kappa shape index (κ2) is 5.67. The zero-order valence-corrected chi connectivity index (χ0v) is 15.0. The van der Waals surface area contributed by atoms with Crippen molar-refractivity contribution < 1.29 is 4.57 Å². The summed E-state index contributed by atoms with van der Waals surface area (Å²) in [5, 5.41) is 6.48. The monoisotopic (exact) mass is 334 g/mol. The van der Waals surface area contributed by atoms with Gasteiger partial charge in [0, 0.05) is 30.7 Å². The number of rotatable bonds is 1. The number of aromatic nitrogens is 1. The highest BCUT2D eigenvalue weighted by atomic mass is 15.0. The van der Waals surface area contributed by atoms with Crippen molar-refractivity contribution in [2.45, 2.75) is 13.8 Å². The Morgan fingerprint density at radius 2 is 1.19 bits per heavy atom. The summed E-state index contributed by atoms with van der Waals surface area (Å²) in [7, 11) is 0. The van der Waals surface area contributed by atoms with Crippen molar-refractivity contribution in [3.05, 3.63) is 96.2 Å². The molecule has 0 aliphatic heterocycles. The minimum atomic E-state index is 1.24.